The maximum atomic E-state index is 3.46. The number of halogens is 1. The molecule has 7 heavy (non-hydrogen) atoms. The van der Waals surface area contributed by atoms with Gasteiger partial charge in [0.25, 0.3) is 0 Å². The van der Waals surface area contributed by atoms with Crippen molar-refractivity contribution in [2.24, 2.45) is 0 Å². The van der Waals surface area contributed by atoms with E-state index in [1.807, 2.05) is 12.4 Å². The Labute approximate surface area is 58.1 Å². The van der Waals surface area contributed by atoms with Crippen molar-refractivity contribution in [1.82, 2.24) is 4.98 Å². The molecule has 0 fully saturated rings. The fourth-order valence-corrected chi connectivity index (χ4v) is 1.89. The average molecular weight is 170 g/mol. The third kappa shape index (κ3) is 1.47. The van der Waals surface area contributed by atoms with Crippen LogP contribution in [0.5, 0.6) is 0 Å². The highest BCUT2D eigenvalue weighted by Gasteiger charge is 1.90. The molecule has 0 aliphatic rings. The number of aromatic amines is 1. The van der Waals surface area contributed by atoms with Gasteiger partial charge in [0.2, 0.25) is 0 Å². The van der Waals surface area contributed by atoms with Crippen LogP contribution in [0.25, 0.3) is 0 Å². The summed E-state index contributed by atoms with van der Waals surface area (Å²) in [5, 5.41) is 0. The first-order valence-electron chi connectivity index (χ1n) is 2.11. The Balaban J connectivity index is 2.76. The molecule has 0 atom stereocenters. The zero-order chi connectivity index (χ0) is 5.11. The van der Waals surface area contributed by atoms with Gasteiger partial charge < -0.3 is 4.98 Å². The predicted molar refractivity (Wildman–Crippen MR) is 35.1 cm³/mol. The molecule has 1 nitrogen and oxygen atoms in total. The standard InChI is InChI=1S/C4H4N.BrH.Mg/c1-2-4-5-3-1;;/h1,3-5H;1H;/q;;+1/p-1. The Morgan fingerprint density at radius 1 is 1.71 bits per heavy atom. The zero-order valence-electron chi connectivity index (χ0n) is 3.82. The second kappa shape index (κ2) is 2.74. The van der Waals surface area contributed by atoms with E-state index >= 15 is 0 Å². The summed E-state index contributed by atoms with van der Waals surface area (Å²) in [6.45, 7) is 0. The van der Waals surface area contributed by atoms with E-state index < -0.39 is 0 Å². The first-order valence-corrected chi connectivity index (χ1v) is 6.71. The third-order valence-electron chi connectivity index (χ3n) is 0.817. The molecule has 0 saturated carbocycles. The van der Waals surface area contributed by atoms with Crippen LogP contribution >= 0.6 is 12.9 Å². The van der Waals surface area contributed by atoms with Gasteiger partial charge in [0, 0.05) is 0 Å². The van der Waals surface area contributed by atoms with Crippen LogP contribution in [0.1, 0.15) is 0 Å². The van der Waals surface area contributed by atoms with Gasteiger partial charge in [-0.25, -0.2) is 0 Å². The lowest BCUT2D eigenvalue weighted by molar-refractivity contribution is 1.42. The Kier molecular flexibility index (Phi) is 2.22. The molecular formula is C4H4BrMgN. The van der Waals surface area contributed by atoms with Crippen molar-refractivity contribution in [1.29, 1.82) is 0 Å². The average Bonchev–Trinajstić information content (AvgIpc) is 2.14. The summed E-state index contributed by atoms with van der Waals surface area (Å²) >= 11 is 3.37. The van der Waals surface area contributed by atoms with Crippen molar-refractivity contribution in [3.8, 4) is 0 Å². The lowest BCUT2D eigenvalue weighted by Gasteiger charge is -1.73. The summed E-state index contributed by atoms with van der Waals surface area (Å²) in [5.41, 5.74) is 0. The Hall–Kier alpha value is 0.526. The maximum Gasteiger partial charge on any atom is 0.509 e. The molecule has 0 unspecified atom stereocenters. The molecular weight excluding hydrogens is 166 g/mol. The second-order valence-corrected chi connectivity index (χ2v) is 4.12. The highest BCUT2D eigenvalue weighted by molar-refractivity contribution is 9.23. The van der Waals surface area contributed by atoms with E-state index in [0.29, 0.717) is 0 Å². The monoisotopic (exact) mass is 169 g/mol. The zero-order valence-corrected chi connectivity index (χ0v) is 6.82. The van der Waals surface area contributed by atoms with Crippen LogP contribution in [0.4, 0.5) is 0 Å². The SMILES string of the molecule is [Br][Mg][c]1cc[nH]c1. The lowest BCUT2D eigenvalue weighted by atomic mass is 10.7. The topological polar surface area (TPSA) is 15.8 Å². The summed E-state index contributed by atoms with van der Waals surface area (Å²) in [7, 11) is 0. The molecule has 0 aromatic carbocycles. The molecule has 1 rings (SSSR count). The highest BCUT2D eigenvalue weighted by atomic mass is 79.9. The Bertz CT molecular complexity index is 126. The van der Waals surface area contributed by atoms with Crippen LogP contribution in [0.2, 0.25) is 0 Å². The maximum absolute atomic E-state index is 3.46. The van der Waals surface area contributed by atoms with Crippen LogP contribution in [0.3, 0.4) is 0 Å². The van der Waals surface area contributed by atoms with Crippen molar-refractivity contribution in [2.45, 2.75) is 0 Å². The minimum atomic E-state index is -0.0853. The quantitative estimate of drug-likeness (QED) is 0.596. The van der Waals surface area contributed by atoms with Gasteiger partial charge in [-0.3, -0.25) is 12.9 Å². The van der Waals surface area contributed by atoms with E-state index in [-0.39, 0.29) is 18.2 Å². The second-order valence-electron chi connectivity index (χ2n) is 1.35. The van der Waals surface area contributed by atoms with Gasteiger partial charge in [0.15, 0.2) is 0 Å². The van der Waals surface area contributed by atoms with Crippen molar-refractivity contribution in [3.63, 3.8) is 0 Å². The minimum Gasteiger partial charge on any atom is -0.370 e. The normalized spacial score (nSPS) is 8.14. The molecule has 0 spiro atoms. The van der Waals surface area contributed by atoms with Gasteiger partial charge in [-0.05, 0) is 12.4 Å². The number of hydrogen-bond donors (Lipinski definition) is 1. The molecule has 0 bridgehead atoms. The van der Waals surface area contributed by atoms with Crippen molar-refractivity contribution < 1.29 is 0 Å². The van der Waals surface area contributed by atoms with Gasteiger partial charge >= 0.3 is 18.2 Å². The largest absolute Gasteiger partial charge is 0.509 e. The molecule has 1 heterocycles. The van der Waals surface area contributed by atoms with Crippen LogP contribution < -0.4 is 3.69 Å². The summed E-state index contributed by atoms with van der Waals surface area (Å²) in [6, 6.07) is 2.10. The Morgan fingerprint density at radius 2 is 2.57 bits per heavy atom. The van der Waals surface area contributed by atoms with Crippen LogP contribution in [0.15, 0.2) is 18.5 Å². The van der Waals surface area contributed by atoms with E-state index in [1.54, 1.807) is 0 Å². The van der Waals surface area contributed by atoms with Gasteiger partial charge in [-0.2, -0.15) is 0 Å². The van der Waals surface area contributed by atoms with Crippen molar-refractivity contribution >= 4 is 34.8 Å². The molecule has 1 N–H and O–H groups in total. The summed E-state index contributed by atoms with van der Waals surface area (Å²) in [6.07, 6.45) is 3.98. The third-order valence-corrected chi connectivity index (χ3v) is 3.51. The van der Waals surface area contributed by atoms with Crippen LogP contribution in [-0.4, -0.2) is 23.2 Å². The van der Waals surface area contributed by atoms with Gasteiger partial charge in [0.05, 0.1) is 0 Å². The molecule has 0 radical (unpaired) electrons. The summed E-state index contributed by atoms with van der Waals surface area (Å²) < 4.78 is 1.43. The van der Waals surface area contributed by atoms with Crippen molar-refractivity contribution in [3.05, 3.63) is 18.5 Å². The minimum absolute atomic E-state index is 0.0853. The molecule has 1 aromatic heterocycles. The summed E-state index contributed by atoms with van der Waals surface area (Å²) in [4.78, 5) is 2.99. The number of rotatable bonds is 1. The highest BCUT2D eigenvalue weighted by Crippen LogP contribution is 1.78. The molecule has 34 valence electrons. The Morgan fingerprint density at radius 3 is 2.86 bits per heavy atom. The summed E-state index contributed by atoms with van der Waals surface area (Å²) in [5.74, 6) is 0. The van der Waals surface area contributed by atoms with E-state index in [0.717, 1.165) is 0 Å². The molecule has 0 amide bonds. The molecule has 0 aliphatic carbocycles. The van der Waals surface area contributed by atoms with E-state index in [1.165, 1.54) is 3.69 Å². The number of hydrogen-bond acceptors (Lipinski definition) is 0. The van der Waals surface area contributed by atoms with Gasteiger partial charge in [0.1, 0.15) is 0 Å². The van der Waals surface area contributed by atoms with Gasteiger partial charge in [-0.1, -0.05) is 6.07 Å². The van der Waals surface area contributed by atoms with E-state index in [2.05, 4.69) is 23.9 Å². The predicted octanol–water partition coefficient (Wildman–Crippen LogP) is 0.654. The number of nitrogens with one attached hydrogen (secondary N) is 1. The first-order chi connectivity index (χ1) is 3.43. The molecule has 0 aliphatic heterocycles. The number of aromatic nitrogens is 1. The lowest BCUT2D eigenvalue weighted by Crippen LogP contribution is -2.01. The van der Waals surface area contributed by atoms with Crippen molar-refractivity contribution in [2.75, 3.05) is 0 Å². The fourth-order valence-electron chi connectivity index (χ4n) is 0.442. The molecule has 3 heteroatoms. The van der Waals surface area contributed by atoms with E-state index in [4.69, 9.17) is 0 Å². The van der Waals surface area contributed by atoms with E-state index in [9.17, 15) is 0 Å². The van der Waals surface area contributed by atoms with Crippen LogP contribution in [0, 0.1) is 0 Å². The first kappa shape index (κ1) is 5.66. The molecule has 0 saturated heterocycles. The fraction of sp³-hybridized carbons (Fsp3) is 0. The van der Waals surface area contributed by atoms with Crippen LogP contribution in [-0.2, 0) is 0 Å². The smallest absolute Gasteiger partial charge is 0.370 e. The van der Waals surface area contributed by atoms with Gasteiger partial charge in [-0.15, -0.1) is 3.69 Å². The molecule has 1 aromatic rings. The number of H-pyrrole nitrogens is 1.